The summed E-state index contributed by atoms with van der Waals surface area (Å²) in [6.07, 6.45) is 0.581. The maximum absolute atomic E-state index is 13.9. The first-order valence-electron chi connectivity index (χ1n) is 8.09. The smallest absolute Gasteiger partial charge is 0.300 e. The molecular weight excluding hydrogens is 321 g/mol. The standard InChI is InChI=1S/C17H18FN3.C2H4O2/c18-15-9-5-4-8-14(15)12-16(13-6-2-1-3-7-13)21-17-19-10-11-20-17;1-2(3)4/h1-9,16H,10-12H2,(H2,19,20,21);1H3,(H,3,4). The van der Waals surface area contributed by atoms with Crippen molar-refractivity contribution in [2.45, 2.75) is 19.4 Å². The minimum absolute atomic E-state index is 0.00699. The molecule has 0 fully saturated rings. The summed E-state index contributed by atoms with van der Waals surface area (Å²) in [6.45, 7) is 2.72. The van der Waals surface area contributed by atoms with Crippen molar-refractivity contribution in [1.29, 1.82) is 0 Å². The summed E-state index contributed by atoms with van der Waals surface area (Å²) in [6, 6.07) is 17.0. The summed E-state index contributed by atoms with van der Waals surface area (Å²) in [7, 11) is 0. The fourth-order valence-electron chi connectivity index (χ4n) is 2.48. The molecule has 0 bridgehead atoms. The summed E-state index contributed by atoms with van der Waals surface area (Å²) >= 11 is 0. The van der Waals surface area contributed by atoms with Crippen LogP contribution >= 0.6 is 0 Å². The lowest BCUT2D eigenvalue weighted by molar-refractivity contribution is -0.134. The molecule has 0 saturated carbocycles. The van der Waals surface area contributed by atoms with Gasteiger partial charge in [-0.25, -0.2) is 4.39 Å². The molecule has 1 atom stereocenters. The normalized spacial score (nSPS) is 13.8. The van der Waals surface area contributed by atoms with Gasteiger partial charge in [-0.2, -0.15) is 0 Å². The average molecular weight is 343 g/mol. The molecule has 1 aliphatic heterocycles. The number of benzene rings is 2. The van der Waals surface area contributed by atoms with E-state index in [4.69, 9.17) is 9.90 Å². The number of aliphatic imine (C=N–C) groups is 1. The summed E-state index contributed by atoms with van der Waals surface area (Å²) in [4.78, 5) is 13.4. The highest BCUT2D eigenvalue weighted by Crippen LogP contribution is 2.20. The quantitative estimate of drug-likeness (QED) is 0.798. The van der Waals surface area contributed by atoms with Gasteiger partial charge in [-0.15, -0.1) is 0 Å². The highest BCUT2D eigenvalue weighted by atomic mass is 19.1. The Hall–Kier alpha value is -2.89. The molecule has 5 nitrogen and oxygen atoms in total. The number of halogens is 1. The molecule has 2 aromatic rings. The van der Waals surface area contributed by atoms with Crippen LogP contribution in [0, 0.1) is 5.82 Å². The second kappa shape index (κ2) is 9.42. The molecule has 2 aromatic carbocycles. The Morgan fingerprint density at radius 1 is 1.24 bits per heavy atom. The predicted molar refractivity (Wildman–Crippen MR) is 96.0 cm³/mol. The third-order valence-electron chi connectivity index (χ3n) is 3.57. The maximum Gasteiger partial charge on any atom is 0.300 e. The second-order valence-corrected chi connectivity index (χ2v) is 5.58. The van der Waals surface area contributed by atoms with Crippen molar-refractivity contribution in [1.82, 2.24) is 10.6 Å². The van der Waals surface area contributed by atoms with Gasteiger partial charge in [0.05, 0.1) is 12.6 Å². The zero-order valence-corrected chi connectivity index (χ0v) is 14.1. The van der Waals surface area contributed by atoms with E-state index in [1.807, 2.05) is 42.5 Å². The van der Waals surface area contributed by atoms with Crippen molar-refractivity contribution in [3.8, 4) is 0 Å². The number of aliphatic carboxylic acids is 1. The van der Waals surface area contributed by atoms with Gasteiger partial charge in [0.2, 0.25) is 0 Å². The first-order chi connectivity index (χ1) is 12.1. The van der Waals surface area contributed by atoms with Gasteiger partial charge in [0, 0.05) is 13.5 Å². The van der Waals surface area contributed by atoms with Gasteiger partial charge in [0.25, 0.3) is 5.97 Å². The van der Waals surface area contributed by atoms with E-state index in [-0.39, 0.29) is 11.9 Å². The number of nitrogens with one attached hydrogen (secondary N) is 2. The molecule has 0 aromatic heterocycles. The lowest BCUT2D eigenvalue weighted by Gasteiger charge is -2.20. The number of carboxylic acid groups (broad SMARTS) is 1. The summed E-state index contributed by atoms with van der Waals surface area (Å²) < 4.78 is 13.9. The summed E-state index contributed by atoms with van der Waals surface area (Å²) in [5.74, 6) is -0.207. The highest BCUT2D eigenvalue weighted by Gasteiger charge is 2.17. The Labute approximate surface area is 146 Å². The first kappa shape index (κ1) is 18.4. The van der Waals surface area contributed by atoms with Crippen molar-refractivity contribution in [3.63, 3.8) is 0 Å². The van der Waals surface area contributed by atoms with E-state index < -0.39 is 5.97 Å². The zero-order valence-electron chi connectivity index (χ0n) is 14.1. The van der Waals surface area contributed by atoms with E-state index in [1.54, 1.807) is 6.07 Å². The molecule has 0 radical (unpaired) electrons. The topological polar surface area (TPSA) is 73.7 Å². The third kappa shape index (κ3) is 6.25. The minimum Gasteiger partial charge on any atom is -0.481 e. The molecular formula is C19H22FN3O2. The lowest BCUT2D eigenvalue weighted by Crippen LogP contribution is -2.37. The lowest BCUT2D eigenvalue weighted by atomic mass is 9.98. The summed E-state index contributed by atoms with van der Waals surface area (Å²) in [5.41, 5.74) is 1.83. The number of carbonyl (C=O) groups is 1. The molecule has 132 valence electrons. The second-order valence-electron chi connectivity index (χ2n) is 5.58. The van der Waals surface area contributed by atoms with Crippen molar-refractivity contribution in [3.05, 3.63) is 71.5 Å². The van der Waals surface area contributed by atoms with Crippen molar-refractivity contribution in [2.75, 3.05) is 13.1 Å². The van der Waals surface area contributed by atoms with Crippen molar-refractivity contribution in [2.24, 2.45) is 4.99 Å². The van der Waals surface area contributed by atoms with E-state index in [2.05, 4.69) is 15.6 Å². The third-order valence-corrected chi connectivity index (χ3v) is 3.57. The first-order valence-corrected chi connectivity index (χ1v) is 8.09. The van der Waals surface area contributed by atoms with Crippen LogP contribution in [-0.2, 0) is 11.2 Å². The fraction of sp³-hybridized carbons (Fsp3) is 0.263. The Morgan fingerprint density at radius 2 is 1.88 bits per heavy atom. The summed E-state index contributed by atoms with van der Waals surface area (Å²) in [5, 5.41) is 14.0. The molecule has 0 saturated heterocycles. The number of rotatable bonds is 4. The fourth-order valence-corrected chi connectivity index (χ4v) is 2.48. The van der Waals surface area contributed by atoms with Crippen LogP contribution in [0.3, 0.4) is 0 Å². The van der Waals surface area contributed by atoms with Gasteiger partial charge in [-0.3, -0.25) is 9.79 Å². The molecule has 0 spiro atoms. The van der Waals surface area contributed by atoms with Crippen LogP contribution < -0.4 is 10.6 Å². The number of hydrogen-bond donors (Lipinski definition) is 3. The van der Waals surface area contributed by atoms with Gasteiger partial charge in [0.1, 0.15) is 5.82 Å². The number of hydrogen-bond acceptors (Lipinski definition) is 4. The molecule has 25 heavy (non-hydrogen) atoms. The van der Waals surface area contributed by atoms with E-state index in [0.717, 1.165) is 31.5 Å². The maximum atomic E-state index is 13.9. The molecule has 6 heteroatoms. The largest absolute Gasteiger partial charge is 0.481 e. The van der Waals surface area contributed by atoms with E-state index in [0.29, 0.717) is 12.0 Å². The van der Waals surface area contributed by atoms with Gasteiger partial charge < -0.3 is 15.7 Å². The van der Waals surface area contributed by atoms with Crippen molar-refractivity contribution >= 4 is 11.9 Å². The SMILES string of the molecule is CC(=O)O.Fc1ccccc1CC(NC1=NCCN1)c1ccccc1. The van der Waals surface area contributed by atoms with E-state index >= 15 is 0 Å². The Kier molecular flexibility index (Phi) is 6.95. The van der Waals surface area contributed by atoms with Crippen LogP contribution in [0.15, 0.2) is 59.6 Å². The van der Waals surface area contributed by atoms with E-state index in [9.17, 15) is 4.39 Å². The Morgan fingerprint density at radius 3 is 2.48 bits per heavy atom. The van der Waals surface area contributed by atoms with Crippen LogP contribution in [0.2, 0.25) is 0 Å². The number of guanidine groups is 1. The average Bonchev–Trinajstić information content (AvgIpc) is 3.10. The van der Waals surface area contributed by atoms with Crippen LogP contribution in [0.1, 0.15) is 24.1 Å². The van der Waals surface area contributed by atoms with Gasteiger partial charge in [0.15, 0.2) is 5.96 Å². The molecule has 3 rings (SSSR count). The van der Waals surface area contributed by atoms with Crippen LogP contribution in [0.4, 0.5) is 4.39 Å². The van der Waals surface area contributed by atoms with Crippen LogP contribution in [0.25, 0.3) is 0 Å². The molecule has 1 unspecified atom stereocenters. The Bertz CT molecular complexity index is 716. The van der Waals surface area contributed by atoms with Crippen molar-refractivity contribution < 1.29 is 14.3 Å². The van der Waals surface area contributed by atoms with Crippen LogP contribution in [0.5, 0.6) is 0 Å². The molecule has 0 amide bonds. The van der Waals surface area contributed by atoms with Gasteiger partial charge in [-0.05, 0) is 23.6 Å². The molecule has 0 aliphatic carbocycles. The Balaban J connectivity index is 0.000000511. The van der Waals surface area contributed by atoms with Gasteiger partial charge >= 0.3 is 0 Å². The monoisotopic (exact) mass is 343 g/mol. The molecule has 1 heterocycles. The van der Waals surface area contributed by atoms with Gasteiger partial charge in [-0.1, -0.05) is 48.5 Å². The molecule has 3 N–H and O–H groups in total. The number of nitrogens with zero attached hydrogens (tertiary/aromatic N) is 1. The number of carboxylic acids is 1. The van der Waals surface area contributed by atoms with E-state index in [1.165, 1.54) is 6.07 Å². The predicted octanol–water partition coefficient (Wildman–Crippen LogP) is 2.75. The van der Waals surface area contributed by atoms with Crippen LogP contribution in [-0.4, -0.2) is 30.1 Å². The minimum atomic E-state index is -0.833. The zero-order chi connectivity index (χ0) is 18.1. The highest BCUT2D eigenvalue weighted by molar-refractivity contribution is 5.81. The molecule has 1 aliphatic rings.